The molecule has 0 radical (unpaired) electrons. The lowest BCUT2D eigenvalue weighted by atomic mass is 10.1. The number of hydrogen-bond acceptors (Lipinski definition) is 3. The number of hydrogen-bond donors (Lipinski definition) is 1. The average molecular weight is 247 g/mol. The van der Waals surface area contributed by atoms with Gasteiger partial charge < -0.3 is 10.2 Å². The van der Waals surface area contributed by atoms with E-state index >= 15 is 0 Å². The van der Waals surface area contributed by atoms with E-state index in [-0.39, 0.29) is 0 Å². The summed E-state index contributed by atoms with van der Waals surface area (Å²) in [4.78, 5) is 6.83. The summed E-state index contributed by atoms with van der Waals surface area (Å²) in [5, 5.41) is 3.36. The van der Waals surface area contributed by atoms with Crippen molar-refractivity contribution in [3.63, 3.8) is 0 Å². The Balaban J connectivity index is 3.01. The van der Waals surface area contributed by atoms with Crippen molar-refractivity contribution in [1.82, 2.24) is 10.3 Å². The van der Waals surface area contributed by atoms with E-state index in [1.54, 1.807) is 0 Å². The molecule has 0 bridgehead atoms. The van der Waals surface area contributed by atoms with Crippen molar-refractivity contribution >= 4 is 5.82 Å². The largest absolute Gasteiger partial charge is 0.356 e. The summed E-state index contributed by atoms with van der Waals surface area (Å²) in [6.07, 6.45) is 1.90. The van der Waals surface area contributed by atoms with Crippen molar-refractivity contribution in [3.8, 4) is 0 Å². The molecule has 1 aromatic rings. The van der Waals surface area contributed by atoms with Gasteiger partial charge in [0.15, 0.2) is 0 Å². The first-order valence-electron chi connectivity index (χ1n) is 6.62. The molecule has 0 fully saturated rings. The zero-order valence-electron chi connectivity index (χ0n) is 12.0. The summed E-state index contributed by atoms with van der Waals surface area (Å²) >= 11 is 0. The van der Waals surface area contributed by atoms with Crippen LogP contribution in [0.25, 0.3) is 0 Å². The van der Waals surface area contributed by atoms with Gasteiger partial charge in [0, 0.05) is 25.8 Å². The Morgan fingerprint density at radius 3 is 2.72 bits per heavy atom. The summed E-state index contributed by atoms with van der Waals surface area (Å²) in [7, 11) is 2.05. The van der Waals surface area contributed by atoms with Crippen LogP contribution in [0.4, 0.5) is 5.82 Å². The second-order valence-electron chi connectivity index (χ2n) is 4.86. The molecule has 1 heterocycles. The van der Waals surface area contributed by atoms with Gasteiger partial charge in [0.25, 0.3) is 0 Å². The summed E-state index contributed by atoms with van der Waals surface area (Å²) in [5.41, 5.74) is 2.44. The zero-order valence-corrected chi connectivity index (χ0v) is 12.0. The minimum atomic E-state index is 0.447. The Kier molecular flexibility index (Phi) is 5.86. The van der Waals surface area contributed by atoms with E-state index in [2.05, 4.69) is 49.7 Å². The Morgan fingerprint density at radius 1 is 1.44 bits per heavy atom. The maximum atomic E-state index is 4.71. The topological polar surface area (TPSA) is 28.2 Å². The lowest BCUT2D eigenvalue weighted by Gasteiger charge is -2.19. The van der Waals surface area contributed by atoms with Gasteiger partial charge in [-0.1, -0.05) is 26.8 Å². The van der Waals surface area contributed by atoms with Crippen LogP contribution in [0.1, 0.15) is 37.9 Å². The fourth-order valence-corrected chi connectivity index (χ4v) is 1.74. The lowest BCUT2D eigenvalue weighted by molar-refractivity contribution is 0.719. The van der Waals surface area contributed by atoms with Gasteiger partial charge in [0.2, 0.25) is 0 Å². The Bertz CT molecular complexity index is 385. The van der Waals surface area contributed by atoms with Crippen molar-refractivity contribution < 1.29 is 0 Å². The molecule has 0 saturated carbocycles. The molecule has 1 aromatic heterocycles. The fraction of sp³-hybridized carbons (Fsp3) is 0.533. The molecule has 0 amide bonds. The molecule has 0 aliphatic rings. The molecule has 3 heteroatoms. The first-order valence-corrected chi connectivity index (χ1v) is 6.62. The van der Waals surface area contributed by atoms with Gasteiger partial charge >= 0.3 is 0 Å². The number of nitrogens with zero attached hydrogens (tertiary/aromatic N) is 2. The van der Waals surface area contributed by atoms with Crippen LogP contribution in [0.5, 0.6) is 0 Å². The van der Waals surface area contributed by atoms with Crippen LogP contribution < -0.4 is 10.2 Å². The zero-order chi connectivity index (χ0) is 13.5. The highest BCUT2D eigenvalue weighted by molar-refractivity contribution is 5.43. The smallest absolute Gasteiger partial charge is 0.129 e. The molecule has 0 saturated heterocycles. The molecular formula is C15H25N3. The van der Waals surface area contributed by atoms with Crippen molar-refractivity contribution in [1.29, 1.82) is 0 Å². The highest BCUT2D eigenvalue weighted by Crippen LogP contribution is 2.19. The molecule has 0 aliphatic heterocycles. The molecule has 0 unspecified atom stereocenters. The number of anilines is 1. The maximum absolute atomic E-state index is 4.71. The number of likely N-dealkylation sites (N-methyl/N-ethyl adjacent to an activating group) is 1. The van der Waals surface area contributed by atoms with Crippen LogP contribution in [0, 0.1) is 0 Å². The van der Waals surface area contributed by atoms with E-state index < -0.39 is 0 Å². The van der Waals surface area contributed by atoms with Gasteiger partial charge in [-0.15, -0.1) is 6.58 Å². The molecule has 3 nitrogen and oxygen atoms in total. The van der Waals surface area contributed by atoms with Crippen molar-refractivity contribution in [2.45, 2.75) is 33.2 Å². The third-order valence-electron chi connectivity index (χ3n) is 2.86. The summed E-state index contributed by atoms with van der Waals surface area (Å²) in [6, 6.07) is 4.34. The molecule has 0 spiro atoms. The minimum absolute atomic E-state index is 0.447. The molecule has 100 valence electrons. The van der Waals surface area contributed by atoms with Crippen LogP contribution in [-0.4, -0.2) is 25.1 Å². The van der Waals surface area contributed by atoms with Crippen LogP contribution in [0.2, 0.25) is 0 Å². The minimum Gasteiger partial charge on any atom is -0.356 e. The fourth-order valence-electron chi connectivity index (χ4n) is 1.74. The quantitative estimate of drug-likeness (QED) is 0.751. The van der Waals surface area contributed by atoms with E-state index in [1.807, 2.05) is 13.1 Å². The Morgan fingerprint density at radius 2 is 2.17 bits per heavy atom. The van der Waals surface area contributed by atoms with Gasteiger partial charge in [-0.05, 0) is 30.2 Å². The van der Waals surface area contributed by atoms with Gasteiger partial charge in [-0.25, -0.2) is 4.98 Å². The molecule has 1 N–H and O–H groups in total. The lowest BCUT2D eigenvalue weighted by Crippen LogP contribution is -2.20. The third-order valence-corrected chi connectivity index (χ3v) is 2.86. The number of nitrogens with one attached hydrogen (secondary N) is 1. The van der Waals surface area contributed by atoms with E-state index in [4.69, 9.17) is 4.98 Å². The Hall–Kier alpha value is -1.35. The molecule has 0 aliphatic carbocycles. The van der Waals surface area contributed by atoms with E-state index in [9.17, 15) is 0 Å². The number of pyridine rings is 1. The second-order valence-corrected chi connectivity index (χ2v) is 4.86. The van der Waals surface area contributed by atoms with Gasteiger partial charge in [0.1, 0.15) is 5.82 Å². The van der Waals surface area contributed by atoms with Crippen LogP contribution in [0.3, 0.4) is 0 Å². The van der Waals surface area contributed by atoms with E-state index in [1.165, 1.54) is 5.56 Å². The molecule has 0 aromatic carbocycles. The van der Waals surface area contributed by atoms with Gasteiger partial charge in [0.05, 0.1) is 0 Å². The van der Waals surface area contributed by atoms with Crippen LogP contribution in [-0.2, 0) is 6.54 Å². The second kappa shape index (κ2) is 7.17. The number of rotatable bonds is 7. The van der Waals surface area contributed by atoms with E-state index in [0.717, 1.165) is 31.1 Å². The SMILES string of the molecule is C=CCN(C)c1cc(CNCC)cc(C(C)C)n1. The summed E-state index contributed by atoms with van der Waals surface area (Å²) in [6.45, 7) is 12.9. The predicted molar refractivity (Wildman–Crippen MR) is 79.2 cm³/mol. The highest BCUT2D eigenvalue weighted by atomic mass is 15.2. The summed E-state index contributed by atoms with van der Waals surface area (Å²) < 4.78 is 0. The van der Waals surface area contributed by atoms with Gasteiger partial charge in [-0.3, -0.25) is 0 Å². The molecule has 1 rings (SSSR count). The Labute approximate surface area is 111 Å². The van der Waals surface area contributed by atoms with Crippen molar-refractivity contribution in [3.05, 3.63) is 36.0 Å². The first-order chi connectivity index (χ1) is 8.58. The standard InChI is InChI=1S/C15H25N3/c1-6-8-18(5)15-10-13(11-16-7-2)9-14(17-15)12(3)4/h6,9-10,12,16H,1,7-8,11H2,2-5H3. The van der Waals surface area contributed by atoms with Crippen molar-refractivity contribution in [2.24, 2.45) is 0 Å². The van der Waals surface area contributed by atoms with Gasteiger partial charge in [-0.2, -0.15) is 0 Å². The first kappa shape index (κ1) is 14.7. The van der Waals surface area contributed by atoms with Crippen LogP contribution in [0.15, 0.2) is 24.8 Å². The van der Waals surface area contributed by atoms with E-state index in [0.29, 0.717) is 5.92 Å². The predicted octanol–water partition coefficient (Wildman–Crippen LogP) is 2.94. The molecular weight excluding hydrogens is 222 g/mol. The maximum Gasteiger partial charge on any atom is 0.129 e. The van der Waals surface area contributed by atoms with Crippen LogP contribution >= 0.6 is 0 Å². The number of aromatic nitrogens is 1. The average Bonchev–Trinajstić information content (AvgIpc) is 2.36. The van der Waals surface area contributed by atoms with Crippen molar-refractivity contribution in [2.75, 3.05) is 25.0 Å². The normalized spacial score (nSPS) is 10.7. The molecule has 0 atom stereocenters. The third kappa shape index (κ3) is 4.15. The molecule has 18 heavy (non-hydrogen) atoms. The summed E-state index contributed by atoms with van der Waals surface area (Å²) in [5.74, 6) is 1.47. The monoisotopic (exact) mass is 247 g/mol. The highest BCUT2D eigenvalue weighted by Gasteiger charge is 2.08.